The van der Waals surface area contributed by atoms with Crippen molar-refractivity contribution in [3.63, 3.8) is 0 Å². The number of carbonyl (C=O) groups is 1. The van der Waals surface area contributed by atoms with Gasteiger partial charge in [-0.25, -0.2) is 0 Å². The largest absolute Gasteiger partial charge is 0.481 e. The Kier molecular flexibility index (Phi) is 15.2. The minimum Gasteiger partial charge on any atom is -0.481 e. The molecule has 0 rings (SSSR count). The third kappa shape index (κ3) is 16.9. The zero-order chi connectivity index (χ0) is 14.9. The molecule has 1 N–H and O–H groups in total. The highest BCUT2D eigenvalue weighted by atomic mass is 16.4. The van der Waals surface area contributed by atoms with Crippen LogP contribution in [0.3, 0.4) is 0 Å². The van der Waals surface area contributed by atoms with Gasteiger partial charge in [0, 0.05) is 6.42 Å². The second-order valence-corrected chi connectivity index (χ2v) is 5.38. The molecule has 0 spiro atoms. The van der Waals surface area contributed by atoms with Crippen molar-refractivity contribution >= 4 is 5.97 Å². The summed E-state index contributed by atoms with van der Waals surface area (Å²) >= 11 is 0. The van der Waals surface area contributed by atoms with E-state index in [4.69, 9.17) is 5.11 Å². The minimum absolute atomic E-state index is 0.334. The Balaban J connectivity index is 3.08. The van der Waals surface area contributed by atoms with E-state index in [1.54, 1.807) is 0 Å². The first kappa shape index (κ1) is 18.9. The quantitative estimate of drug-likeness (QED) is 0.318. The van der Waals surface area contributed by atoms with Gasteiger partial charge < -0.3 is 5.11 Å². The summed E-state index contributed by atoms with van der Waals surface area (Å²) in [5, 5.41) is 8.51. The Labute approximate surface area is 125 Å². The molecular weight excluding hydrogens is 248 g/mol. The highest BCUT2D eigenvalue weighted by Gasteiger charge is 1.96. The molecule has 0 aromatic heterocycles. The second kappa shape index (κ2) is 16.0. The van der Waals surface area contributed by atoms with Crippen LogP contribution in [0, 0.1) is 0 Å². The second-order valence-electron chi connectivity index (χ2n) is 5.38. The number of unbranched alkanes of at least 4 members (excludes halogenated alkanes) is 9. The van der Waals surface area contributed by atoms with Gasteiger partial charge in [-0.15, -0.1) is 0 Å². The number of aliphatic carboxylic acids is 1. The molecule has 0 heterocycles. The van der Waals surface area contributed by atoms with Gasteiger partial charge >= 0.3 is 5.97 Å². The molecule has 0 amide bonds. The van der Waals surface area contributed by atoms with E-state index >= 15 is 0 Å². The summed E-state index contributed by atoms with van der Waals surface area (Å²) in [6.07, 6.45) is 22.3. The maximum absolute atomic E-state index is 10.3. The fraction of sp³-hybridized carbons (Fsp3) is 0.722. The Hall–Kier alpha value is -1.05. The smallest absolute Gasteiger partial charge is 0.303 e. The van der Waals surface area contributed by atoms with E-state index in [0.717, 1.165) is 19.3 Å². The molecule has 0 atom stereocenters. The van der Waals surface area contributed by atoms with E-state index in [-0.39, 0.29) is 0 Å². The number of allylic oxidation sites excluding steroid dienone is 4. The lowest BCUT2D eigenvalue weighted by Crippen LogP contribution is -1.93. The van der Waals surface area contributed by atoms with Gasteiger partial charge in [0.25, 0.3) is 0 Å². The molecule has 0 saturated heterocycles. The topological polar surface area (TPSA) is 37.3 Å². The maximum Gasteiger partial charge on any atom is 0.303 e. The van der Waals surface area contributed by atoms with E-state index in [0.29, 0.717) is 6.42 Å². The molecule has 0 aliphatic carbocycles. The van der Waals surface area contributed by atoms with Crippen LogP contribution in [-0.2, 0) is 4.79 Å². The first-order valence-corrected chi connectivity index (χ1v) is 8.30. The van der Waals surface area contributed by atoms with Crippen LogP contribution in [-0.4, -0.2) is 11.1 Å². The van der Waals surface area contributed by atoms with E-state index in [2.05, 4.69) is 31.2 Å². The third-order valence-corrected chi connectivity index (χ3v) is 3.38. The van der Waals surface area contributed by atoms with Crippen LogP contribution < -0.4 is 0 Å². The zero-order valence-electron chi connectivity index (χ0n) is 13.2. The highest BCUT2D eigenvalue weighted by molar-refractivity contribution is 5.66. The lowest BCUT2D eigenvalue weighted by molar-refractivity contribution is -0.137. The molecule has 0 aromatic rings. The van der Waals surface area contributed by atoms with Gasteiger partial charge in [0.1, 0.15) is 0 Å². The fourth-order valence-corrected chi connectivity index (χ4v) is 2.17. The van der Waals surface area contributed by atoms with Crippen molar-refractivity contribution in [2.24, 2.45) is 0 Å². The molecule has 0 aromatic carbocycles. The Bertz CT molecular complexity index is 267. The molecule has 0 aliphatic rings. The van der Waals surface area contributed by atoms with Crippen LogP contribution in [0.4, 0.5) is 0 Å². The Morgan fingerprint density at radius 3 is 1.85 bits per heavy atom. The normalized spacial score (nSPS) is 11.7. The summed E-state index contributed by atoms with van der Waals surface area (Å²) in [5.74, 6) is -0.663. The number of carboxylic acids is 1. The predicted molar refractivity (Wildman–Crippen MR) is 87.0 cm³/mol. The first-order valence-electron chi connectivity index (χ1n) is 8.30. The number of hydrogen-bond acceptors (Lipinski definition) is 1. The summed E-state index contributed by atoms with van der Waals surface area (Å²) in [6, 6.07) is 0. The van der Waals surface area contributed by atoms with Crippen LogP contribution in [0.25, 0.3) is 0 Å². The van der Waals surface area contributed by atoms with E-state index in [1.807, 2.05) is 0 Å². The van der Waals surface area contributed by atoms with Gasteiger partial charge in [-0.05, 0) is 25.7 Å². The van der Waals surface area contributed by atoms with Crippen LogP contribution >= 0.6 is 0 Å². The first-order chi connectivity index (χ1) is 9.77. The molecule has 0 fully saturated rings. The Morgan fingerprint density at radius 2 is 1.30 bits per heavy atom. The lowest BCUT2D eigenvalue weighted by Gasteiger charge is -2.01. The van der Waals surface area contributed by atoms with Crippen LogP contribution in [0.15, 0.2) is 24.3 Å². The van der Waals surface area contributed by atoms with E-state index in [1.165, 1.54) is 51.4 Å². The van der Waals surface area contributed by atoms with Crippen molar-refractivity contribution in [1.29, 1.82) is 0 Å². The van der Waals surface area contributed by atoms with Gasteiger partial charge in [0.15, 0.2) is 0 Å². The average Bonchev–Trinajstić information content (AvgIpc) is 2.43. The van der Waals surface area contributed by atoms with Gasteiger partial charge in [0.2, 0.25) is 0 Å². The average molecular weight is 280 g/mol. The van der Waals surface area contributed by atoms with Gasteiger partial charge in [-0.3, -0.25) is 4.79 Å². The van der Waals surface area contributed by atoms with Crippen LogP contribution in [0.5, 0.6) is 0 Å². The predicted octanol–water partition coefficient (Wildman–Crippen LogP) is 5.88. The number of hydrogen-bond donors (Lipinski definition) is 1. The molecule has 0 aliphatic heterocycles. The van der Waals surface area contributed by atoms with Crippen LogP contribution in [0.2, 0.25) is 0 Å². The molecule has 2 nitrogen and oxygen atoms in total. The molecule has 0 radical (unpaired) electrons. The molecule has 0 bridgehead atoms. The van der Waals surface area contributed by atoms with Crippen molar-refractivity contribution in [3.05, 3.63) is 24.3 Å². The van der Waals surface area contributed by atoms with Crippen LogP contribution in [0.1, 0.15) is 84.0 Å². The summed E-state index contributed by atoms with van der Waals surface area (Å²) < 4.78 is 0. The molecule has 2 heteroatoms. The standard InChI is InChI=1S/C18H32O2/c1-2-3-4-5-6-7-8-9-10-11-12-13-14-15-16-17-18(19)20/h3-6H,2,7-17H2,1H3,(H,19,20)/b4-3-,6-5-. The van der Waals surface area contributed by atoms with Crippen molar-refractivity contribution in [2.75, 3.05) is 0 Å². The summed E-state index contributed by atoms with van der Waals surface area (Å²) in [6.45, 7) is 2.15. The highest BCUT2D eigenvalue weighted by Crippen LogP contribution is 2.11. The maximum atomic E-state index is 10.3. The zero-order valence-corrected chi connectivity index (χ0v) is 13.2. The lowest BCUT2D eigenvalue weighted by atomic mass is 10.1. The van der Waals surface area contributed by atoms with Gasteiger partial charge in [-0.1, -0.05) is 76.2 Å². The van der Waals surface area contributed by atoms with Crippen molar-refractivity contribution in [3.8, 4) is 0 Å². The third-order valence-electron chi connectivity index (χ3n) is 3.38. The number of carboxylic acid groups (broad SMARTS) is 1. The molecule has 20 heavy (non-hydrogen) atoms. The molecule has 0 unspecified atom stereocenters. The monoisotopic (exact) mass is 280 g/mol. The summed E-state index contributed by atoms with van der Waals surface area (Å²) in [7, 11) is 0. The minimum atomic E-state index is -0.663. The van der Waals surface area contributed by atoms with E-state index < -0.39 is 5.97 Å². The van der Waals surface area contributed by atoms with E-state index in [9.17, 15) is 4.79 Å². The fourth-order valence-electron chi connectivity index (χ4n) is 2.17. The molecular formula is C18H32O2. The summed E-state index contributed by atoms with van der Waals surface area (Å²) in [4.78, 5) is 10.3. The molecule has 0 saturated carbocycles. The van der Waals surface area contributed by atoms with Crippen molar-refractivity contribution in [1.82, 2.24) is 0 Å². The van der Waals surface area contributed by atoms with Gasteiger partial charge in [0.05, 0.1) is 0 Å². The van der Waals surface area contributed by atoms with Crippen molar-refractivity contribution in [2.45, 2.75) is 84.0 Å². The summed E-state index contributed by atoms with van der Waals surface area (Å²) in [5.41, 5.74) is 0. The van der Waals surface area contributed by atoms with Gasteiger partial charge in [-0.2, -0.15) is 0 Å². The number of rotatable bonds is 14. The molecule has 116 valence electrons. The SMILES string of the molecule is CC/C=C\C=C/CCCCCCCCCCCC(=O)O. The Morgan fingerprint density at radius 1 is 0.800 bits per heavy atom. The van der Waals surface area contributed by atoms with Crippen molar-refractivity contribution < 1.29 is 9.90 Å².